The summed E-state index contributed by atoms with van der Waals surface area (Å²) in [5.41, 5.74) is -0.165. The van der Waals surface area contributed by atoms with Gasteiger partial charge in [0.1, 0.15) is 6.10 Å². The van der Waals surface area contributed by atoms with Gasteiger partial charge in [0.2, 0.25) is 0 Å². The van der Waals surface area contributed by atoms with Gasteiger partial charge in [-0.1, -0.05) is 6.42 Å². The summed E-state index contributed by atoms with van der Waals surface area (Å²) in [4.78, 5) is 11.2. The lowest BCUT2D eigenvalue weighted by Gasteiger charge is -2.48. The lowest BCUT2D eigenvalue weighted by atomic mass is 9.88. The van der Waals surface area contributed by atoms with Crippen molar-refractivity contribution in [1.29, 1.82) is 0 Å². The molecule has 2 aliphatic rings. The second-order valence-corrected chi connectivity index (χ2v) is 7.83. The Balaban J connectivity index is 1.83. The zero-order valence-corrected chi connectivity index (χ0v) is 15.5. The summed E-state index contributed by atoms with van der Waals surface area (Å²) < 4.78 is 17.8. The number of aliphatic hydroxyl groups is 1. The van der Waals surface area contributed by atoms with Crippen LogP contribution in [0, 0.1) is 0 Å². The molecule has 2 rings (SSSR count). The molecule has 5 nitrogen and oxygen atoms in total. The van der Waals surface area contributed by atoms with Crippen molar-refractivity contribution in [2.24, 2.45) is 0 Å². The second kappa shape index (κ2) is 8.63. The molecule has 1 aliphatic heterocycles. The molecule has 0 amide bonds. The second-order valence-electron chi connectivity index (χ2n) is 7.83. The summed E-state index contributed by atoms with van der Waals surface area (Å²) in [6.45, 7) is 6.09. The van der Waals surface area contributed by atoms with Crippen LogP contribution in [0.25, 0.3) is 0 Å². The normalized spacial score (nSPS) is 29.2. The quantitative estimate of drug-likeness (QED) is 0.714. The van der Waals surface area contributed by atoms with Crippen LogP contribution < -0.4 is 0 Å². The van der Waals surface area contributed by atoms with Crippen LogP contribution in [-0.4, -0.2) is 41.3 Å². The van der Waals surface area contributed by atoms with Crippen LogP contribution in [0.3, 0.4) is 0 Å². The Bertz CT molecular complexity index is 397. The molecule has 1 saturated heterocycles. The third-order valence-corrected chi connectivity index (χ3v) is 5.21. The zero-order valence-electron chi connectivity index (χ0n) is 15.5. The molecule has 0 bridgehead atoms. The first-order valence-corrected chi connectivity index (χ1v) is 9.52. The first-order valence-electron chi connectivity index (χ1n) is 9.52. The number of carbonyl (C=O) groups excluding carboxylic acids is 1. The lowest BCUT2D eigenvalue weighted by molar-refractivity contribution is -0.335. The van der Waals surface area contributed by atoms with E-state index in [1.165, 1.54) is 26.2 Å². The molecule has 5 heteroatoms. The first kappa shape index (κ1) is 19.7. The van der Waals surface area contributed by atoms with Gasteiger partial charge in [0, 0.05) is 26.2 Å². The third-order valence-electron chi connectivity index (χ3n) is 5.21. The lowest BCUT2D eigenvalue weighted by Crippen LogP contribution is -2.51. The number of esters is 1. The molecular formula is C19H34O5. The molecule has 1 saturated carbocycles. The monoisotopic (exact) mass is 342 g/mol. The van der Waals surface area contributed by atoms with Gasteiger partial charge in [0.25, 0.3) is 0 Å². The van der Waals surface area contributed by atoms with E-state index >= 15 is 0 Å². The van der Waals surface area contributed by atoms with E-state index in [9.17, 15) is 9.90 Å². The molecule has 0 unspecified atom stereocenters. The number of carbonyl (C=O) groups is 1. The van der Waals surface area contributed by atoms with E-state index in [1.807, 2.05) is 0 Å². The standard InChI is InChI=1S/C19H34O5/c1-15(20)14-17(23-16(2)21)8-7-9-18(3)12-13-22-19(24-18)10-5-4-6-11-19/h15,17,20H,4-14H2,1-3H3/t15-,17+,18-/m1/s1. The molecule has 3 atom stereocenters. The maximum atomic E-state index is 11.2. The zero-order chi connectivity index (χ0) is 17.6. The molecule has 1 spiro atoms. The average Bonchev–Trinajstić information content (AvgIpc) is 2.46. The third kappa shape index (κ3) is 6.01. The Morgan fingerprint density at radius 2 is 1.96 bits per heavy atom. The number of ether oxygens (including phenoxy) is 3. The van der Waals surface area contributed by atoms with Crippen molar-refractivity contribution in [3.63, 3.8) is 0 Å². The topological polar surface area (TPSA) is 65.0 Å². The van der Waals surface area contributed by atoms with Crippen LogP contribution in [0.4, 0.5) is 0 Å². The van der Waals surface area contributed by atoms with Crippen molar-refractivity contribution in [3.05, 3.63) is 0 Å². The van der Waals surface area contributed by atoms with Crippen molar-refractivity contribution >= 4 is 5.97 Å². The van der Waals surface area contributed by atoms with Crippen molar-refractivity contribution in [2.75, 3.05) is 6.61 Å². The van der Waals surface area contributed by atoms with E-state index < -0.39 is 6.10 Å². The highest BCUT2D eigenvalue weighted by Crippen LogP contribution is 2.42. The van der Waals surface area contributed by atoms with Gasteiger partial charge in [-0.15, -0.1) is 0 Å². The first-order chi connectivity index (χ1) is 11.3. The molecule has 140 valence electrons. The van der Waals surface area contributed by atoms with E-state index in [0.29, 0.717) is 6.42 Å². The van der Waals surface area contributed by atoms with Crippen LogP contribution >= 0.6 is 0 Å². The van der Waals surface area contributed by atoms with Crippen LogP contribution in [0.2, 0.25) is 0 Å². The van der Waals surface area contributed by atoms with Crippen molar-refractivity contribution in [1.82, 2.24) is 0 Å². The maximum Gasteiger partial charge on any atom is 0.302 e. The van der Waals surface area contributed by atoms with E-state index in [1.54, 1.807) is 6.92 Å². The fourth-order valence-corrected chi connectivity index (χ4v) is 4.04. The molecule has 1 aliphatic carbocycles. The Morgan fingerprint density at radius 3 is 2.58 bits per heavy atom. The number of hydrogen-bond acceptors (Lipinski definition) is 5. The molecule has 0 aromatic carbocycles. The SMILES string of the molecule is CC(=O)O[C@@H](CCC[C@]1(C)CCOC2(CCCCC2)O1)C[C@@H](C)O. The predicted molar refractivity (Wildman–Crippen MR) is 91.6 cm³/mol. The largest absolute Gasteiger partial charge is 0.462 e. The van der Waals surface area contributed by atoms with Crippen LogP contribution in [-0.2, 0) is 19.0 Å². The fraction of sp³-hybridized carbons (Fsp3) is 0.947. The van der Waals surface area contributed by atoms with Crippen LogP contribution in [0.1, 0.15) is 85.0 Å². The molecule has 0 aromatic heterocycles. The van der Waals surface area contributed by atoms with Gasteiger partial charge in [-0.3, -0.25) is 4.79 Å². The Morgan fingerprint density at radius 1 is 1.25 bits per heavy atom. The van der Waals surface area contributed by atoms with Gasteiger partial charge in [0.05, 0.1) is 18.3 Å². The van der Waals surface area contributed by atoms with E-state index in [4.69, 9.17) is 14.2 Å². The Labute approximate surface area is 146 Å². The number of rotatable bonds is 7. The smallest absolute Gasteiger partial charge is 0.302 e. The molecule has 0 radical (unpaired) electrons. The summed E-state index contributed by atoms with van der Waals surface area (Å²) in [7, 11) is 0. The van der Waals surface area contributed by atoms with Gasteiger partial charge in [-0.05, 0) is 52.4 Å². The van der Waals surface area contributed by atoms with Crippen LogP contribution in [0.5, 0.6) is 0 Å². The summed E-state index contributed by atoms with van der Waals surface area (Å²) in [5, 5.41) is 9.57. The van der Waals surface area contributed by atoms with E-state index in [-0.39, 0.29) is 23.5 Å². The van der Waals surface area contributed by atoms with Gasteiger partial charge in [0.15, 0.2) is 5.79 Å². The highest BCUT2D eigenvalue weighted by molar-refractivity contribution is 5.66. The van der Waals surface area contributed by atoms with Gasteiger partial charge >= 0.3 is 5.97 Å². The van der Waals surface area contributed by atoms with E-state index in [0.717, 1.165) is 45.1 Å². The number of hydrogen-bond donors (Lipinski definition) is 1. The maximum absolute atomic E-state index is 11.2. The summed E-state index contributed by atoms with van der Waals surface area (Å²) in [6, 6.07) is 0. The minimum atomic E-state index is -0.463. The van der Waals surface area contributed by atoms with E-state index in [2.05, 4.69) is 6.92 Å². The number of aliphatic hydroxyl groups excluding tert-OH is 1. The Kier molecular flexibility index (Phi) is 7.08. The summed E-state index contributed by atoms with van der Waals surface area (Å²) >= 11 is 0. The minimum absolute atomic E-state index is 0.165. The predicted octanol–water partition coefficient (Wildman–Crippen LogP) is 3.72. The molecule has 24 heavy (non-hydrogen) atoms. The molecule has 2 fully saturated rings. The van der Waals surface area contributed by atoms with Crippen molar-refractivity contribution < 1.29 is 24.1 Å². The van der Waals surface area contributed by atoms with Crippen molar-refractivity contribution in [2.45, 2.75) is 109 Å². The summed E-state index contributed by atoms with van der Waals surface area (Å²) in [5.74, 6) is -0.643. The van der Waals surface area contributed by atoms with Crippen LogP contribution in [0.15, 0.2) is 0 Å². The van der Waals surface area contributed by atoms with Gasteiger partial charge < -0.3 is 19.3 Å². The highest BCUT2D eigenvalue weighted by atomic mass is 16.7. The summed E-state index contributed by atoms with van der Waals surface area (Å²) in [6.07, 6.45) is 8.95. The Hall–Kier alpha value is -0.650. The highest BCUT2D eigenvalue weighted by Gasteiger charge is 2.44. The molecule has 1 N–H and O–H groups in total. The molecule has 0 aromatic rings. The molecule has 1 heterocycles. The average molecular weight is 342 g/mol. The van der Waals surface area contributed by atoms with Gasteiger partial charge in [-0.2, -0.15) is 0 Å². The molecular weight excluding hydrogens is 308 g/mol. The van der Waals surface area contributed by atoms with Gasteiger partial charge in [-0.25, -0.2) is 0 Å². The fourth-order valence-electron chi connectivity index (χ4n) is 4.04. The van der Waals surface area contributed by atoms with Crippen molar-refractivity contribution in [3.8, 4) is 0 Å². The minimum Gasteiger partial charge on any atom is -0.462 e.